The summed E-state index contributed by atoms with van der Waals surface area (Å²) in [6.45, 7) is 1.21. The van der Waals surface area contributed by atoms with Crippen LogP contribution in [0.2, 0.25) is 0 Å². The van der Waals surface area contributed by atoms with Gasteiger partial charge in [0, 0.05) is 18.0 Å². The third-order valence-electron chi connectivity index (χ3n) is 3.98. The van der Waals surface area contributed by atoms with Gasteiger partial charge in [-0.1, -0.05) is 24.3 Å². The summed E-state index contributed by atoms with van der Waals surface area (Å²) in [6.07, 6.45) is 0.468. The van der Waals surface area contributed by atoms with Crippen molar-refractivity contribution in [3.05, 3.63) is 89.3 Å². The molecule has 0 fully saturated rings. The van der Waals surface area contributed by atoms with Gasteiger partial charge >= 0.3 is 5.97 Å². The molecule has 1 aromatic heterocycles. The van der Waals surface area contributed by atoms with E-state index in [-0.39, 0.29) is 12.1 Å². The van der Waals surface area contributed by atoms with Gasteiger partial charge in [-0.3, -0.25) is 14.4 Å². The number of nitrogens with one attached hydrogen (secondary N) is 1. The van der Waals surface area contributed by atoms with Gasteiger partial charge in [0.1, 0.15) is 18.0 Å². The van der Waals surface area contributed by atoms with Crippen molar-refractivity contribution in [3.8, 4) is 11.5 Å². The van der Waals surface area contributed by atoms with E-state index in [0.29, 0.717) is 17.2 Å². The Balaban J connectivity index is 1.52. The highest BCUT2D eigenvalue weighted by molar-refractivity contribution is 5.95. The van der Waals surface area contributed by atoms with Gasteiger partial charge in [-0.2, -0.15) is 0 Å². The minimum absolute atomic E-state index is 0.261. The first-order valence-corrected chi connectivity index (χ1v) is 9.00. The molecule has 148 valence electrons. The number of aromatic nitrogens is 1. The van der Waals surface area contributed by atoms with E-state index in [1.54, 1.807) is 36.4 Å². The van der Waals surface area contributed by atoms with Crippen molar-refractivity contribution >= 4 is 17.6 Å². The Bertz CT molecular complexity index is 1030. The second kappa shape index (κ2) is 9.36. The number of carbonyl (C=O) groups is 2. The number of hydrogen-bond acceptors (Lipinski definition) is 5. The van der Waals surface area contributed by atoms with Gasteiger partial charge in [0.15, 0.2) is 6.10 Å². The van der Waals surface area contributed by atoms with Gasteiger partial charge < -0.3 is 19.4 Å². The number of amides is 1. The van der Waals surface area contributed by atoms with E-state index in [0.717, 1.165) is 0 Å². The Morgan fingerprint density at radius 2 is 1.59 bits per heavy atom. The Hall–Kier alpha value is -3.87. The van der Waals surface area contributed by atoms with Crippen LogP contribution in [0.15, 0.2) is 83.8 Å². The fraction of sp³-hybridized carbons (Fsp3) is 0.136. The predicted molar refractivity (Wildman–Crippen MR) is 108 cm³/mol. The Morgan fingerprint density at radius 3 is 2.28 bits per heavy atom. The molecule has 0 aliphatic rings. The summed E-state index contributed by atoms with van der Waals surface area (Å²) in [6, 6.07) is 20.7. The summed E-state index contributed by atoms with van der Waals surface area (Å²) in [5.74, 6) is 0.187. The Labute approximate surface area is 167 Å². The highest BCUT2D eigenvalue weighted by atomic mass is 16.5. The van der Waals surface area contributed by atoms with Gasteiger partial charge in [0.25, 0.3) is 11.5 Å². The number of anilines is 1. The van der Waals surface area contributed by atoms with E-state index >= 15 is 0 Å². The predicted octanol–water partition coefficient (Wildman–Crippen LogP) is 3.21. The van der Waals surface area contributed by atoms with E-state index < -0.39 is 18.0 Å². The van der Waals surface area contributed by atoms with Crippen molar-refractivity contribution in [2.24, 2.45) is 0 Å². The van der Waals surface area contributed by atoms with Crippen molar-refractivity contribution in [2.75, 3.05) is 5.32 Å². The SMILES string of the molecule is C[C@@H](OC(=O)Cn1ccccc1=O)C(=O)Nc1ccc(Oc2ccccc2)cc1. The summed E-state index contributed by atoms with van der Waals surface area (Å²) in [7, 11) is 0. The molecule has 0 saturated carbocycles. The lowest BCUT2D eigenvalue weighted by atomic mass is 10.2. The summed E-state index contributed by atoms with van der Waals surface area (Å²) in [4.78, 5) is 35.9. The second-order valence-corrected chi connectivity index (χ2v) is 6.23. The van der Waals surface area contributed by atoms with Crippen molar-refractivity contribution in [1.82, 2.24) is 4.57 Å². The molecular weight excluding hydrogens is 372 g/mol. The van der Waals surface area contributed by atoms with Gasteiger partial charge in [-0.15, -0.1) is 0 Å². The molecule has 1 heterocycles. The summed E-state index contributed by atoms with van der Waals surface area (Å²) < 4.78 is 12.0. The maximum Gasteiger partial charge on any atom is 0.326 e. The molecule has 0 unspecified atom stereocenters. The van der Waals surface area contributed by atoms with Crippen LogP contribution in [0, 0.1) is 0 Å². The quantitative estimate of drug-likeness (QED) is 0.624. The third kappa shape index (κ3) is 5.80. The molecule has 3 aromatic rings. The van der Waals surface area contributed by atoms with Crippen molar-refractivity contribution < 1.29 is 19.1 Å². The lowest BCUT2D eigenvalue weighted by Crippen LogP contribution is -2.32. The fourth-order valence-electron chi connectivity index (χ4n) is 2.49. The minimum atomic E-state index is -1.01. The van der Waals surface area contributed by atoms with Crippen LogP contribution < -0.4 is 15.6 Å². The third-order valence-corrected chi connectivity index (χ3v) is 3.98. The Morgan fingerprint density at radius 1 is 0.931 bits per heavy atom. The summed E-state index contributed by atoms with van der Waals surface area (Å²) in [5.41, 5.74) is 0.219. The van der Waals surface area contributed by atoms with Crippen LogP contribution in [0.25, 0.3) is 0 Å². The molecule has 7 heteroatoms. The number of rotatable bonds is 7. The molecule has 29 heavy (non-hydrogen) atoms. The summed E-state index contributed by atoms with van der Waals surface area (Å²) in [5, 5.41) is 2.67. The van der Waals surface area contributed by atoms with Crippen LogP contribution in [0.5, 0.6) is 11.5 Å². The van der Waals surface area contributed by atoms with E-state index in [1.165, 1.54) is 23.8 Å². The van der Waals surface area contributed by atoms with E-state index in [1.807, 2.05) is 30.3 Å². The van der Waals surface area contributed by atoms with Crippen molar-refractivity contribution in [2.45, 2.75) is 19.6 Å². The molecule has 7 nitrogen and oxygen atoms in total. The van der Waals surface area contributed by atoms with Crippen LogP contribution in [0.1, 0.15) is 6.92 Å². The lowest BCUT2D eigenvalue weighted by Gasteiger charge is -2.14. The average molecular weight is 392 g/mol. The van der Waals surface area contributed by atoms with E-state index in [2.05, 4.69) is 5.32 Å². The van der Waals surface area contributed by atoms with Crippen LogP contribution in [-0.4, -0.2) is 22.5 Å². The zero-order valence-corrected chi connectivity index (χ0v) is 15.8. The van der Waals surface area contributed by atoms with Gasteiger partial charge in [0.05, 0.1) is 0 Å². The van der Waals surface area contributed by atoms with Gasteiger partial charge in [-0.05, 0) is 49.4 Å². The topological polar surface area (TPSA) is 86.6 Å². The minimum Gasteiger partial charge on any atom is -0.457 e. The van der Waals surface area contributed by atoms with E-state index in [9.17, 15) is 14.4 Å². The molecule has 0 saturated heterocycles. The van der Waals surface area contributed by atoms with Crippen molar-refractivity contribution in [3.63, 3.8) is 0 Å². The standard InChI is InChI=1S/C22H20N2O5/c1-16(28-21(26)15-24-14-6-5-9-20(24)25)22(27)23-17-10-12-19(13-11-17)29-18-7-3-2-4-8-18/h2-14,16H,15H2,1H3,(H,23,27)/t16-/m1/s1. The highest BCUT2D eigenvalue weighted by Crippen LogP contribution is 2.22. The van der Waals surface area contributed by atoms with Gasteiger partial charge in [0.2, 0.25) is 0 Å². The van der Waals surface area contributed by atoms with Crippen LogP contribution in [0.3, 0.4) is 0 Å². The lowest BCUT2D eigenvalue weighted by molar-refractivity contribution is -0.153. The number of ether oxygens (including phenoxy) is 2. The number of esters is 1. The monoisotopic (exact) mass is 392 g/mol. The van der Waals surface area contributed by atoms with Gasteiger partial charge in [-0.25, -0.2) is 0 Å². The van der Waals surface area contributed by atoms with Crippen LogP contribution >= 0.6 is 0 Å². The highest BCUT2D eigenvalue weighted by Gasteiger charge is 2.18. The Kier molecular flexibility index (Phi) is 6.42. The van der Waals surface area contributed by atoms with Crippen LogP contribution in [0.4, 0.5) is 5.69 Å². The first kappa shape index (κ1) is 19.9. The zero-order chi connectivity index (χ0) is 20.6. The molecule has 0 aliphatic heterocycles. The molecule has 3 rings (SSSR count). The largest absolute Gasteiger partial charge is 0.457 e. The normalized spacial score (nSPS) is 11.3. The number of benzene rings is 2. The van der Waals surface area contributed by atoms with Crippen molar-refractivity contribution in [1.29, 1.82) is 0 Å². The molecule has 0 bridgehead atoms. The summed E-state index contributed by atoms with van der Waals surface area (Å²) >= 11 is 0. The maximum atomic E-state index is 12.3. The molecule has 2 aromatic carbocycles. The average Bonchev–Trinajstić information content (AvgIpc) is 2.72. The second-order valence-electron chi connectivity index (χ2n) is 6.23. The fourth-order valence-corrected chi connectivity index (χ4v) is 2.49. The zero-order valence-electron chi connectivity index (χ0n) is 15.8. The molecule has 1 N–H and O–H groups in total. The van der Waals surface area contributed by atoms with E-state index in [4.69, 9.17) is 9.47 Å². The first-order valence-electron chi connectivity index (χ1n) is 9.00. The first-order chi connectivity index (χ1) is 14.0. The molecule has 1 amide bonds. The number of nitrogens with zero attached hydrogens (tertiary/aromatic N) is 1. The number of hydrogen-bond donors (Lipinski definition) is 1. The molecular formula is C22H20N2O5. The molecule has 0 aliphatic carbocycles. The molecule has 0 spiro atoms. The van der Waals surface area contributed by atoms with Crippen LogP contribution in [-0.2, 0) is 20.9 Å². The smallest absolute Gasteiger partial charge is 0.326 e. The molecule has 1 atom stereocenters. The maximum absolute atomic E-state index is 12.3. The number of para-hydroxylation sites is 1. The number of pyridine rings is 1. The molecule has 0 radical (unpaired) electrons. The number of carbonyl (C=O) groups excluding carboxylic acids is 2.